The van der Waals surface area contributed by atoms with E-state index in [1.54, 1.807) is 12.2 Å². The topological polar surface area (TPSA) is 76.2 Å². The zero-order chi connectivity index (χ0) is 16.0. The van der Waals surface area contributed by atoms with Crippen LogP contribution in [0.15, 0.2) is 60.7 Å². The van der Waals surface area contributed by atoms with Gasteiger partial charge in [-0.3, -0.25) is 10.1 Å². The van der Waals surface area contributed by atoms with Crippen LogP contribution in [0, 0.1) is 21.4 Å². The van der Waals surface area contributed by atoms with Crippen molar-refractivity contribution in [3.05, 3.63) is 81.9 Å². The molecule has 0 aliphatic carbocycles. The molecule has 2 aromatic rings. The lowest BCUT2D eigenvalue weighted by Gasteiger charge is -2.21. The molecule has 0 fully saturated rings. The van der Waals surface area contributed by atoms with E-state index in [4.69, 9.17) is 4.74 Å². The largest absolute Gasteiger partial charge is 0.356 e. The fourth-order valence-corrected chi connectivity index (χ4v) is 2.04. The highest BCUT2D eigenvalue weighted by atomic mass is 16.6. The zero-order valence-corrected chi connectivity index (χ0v) is 12.0. The van der Waals surface area contributed by atoms with Crippen LogP contribution in [0.4, 0.5) is 5.69 Å². The van der Waals surface area contributed by atoms with Gasteiger partial charge in [-0.05, 0) is 23.8 Å². The summed E-state index contributed by atoms with van der Waals surface area (Å²) >= 11 is 0. The highest BCUT2D eigenvalue weighted by Crippen LogP contribution is 2.28. The molecule has 0 radical (unpaired) electrons. The van der Waals surface area contributed by atoms with E-state index >= 15 is 0 Å². The Kier molecular flexibility index (Phi) is 4.66. The maximum absolute atomic E-state index is 10.7. The Morgan fingerprint density at radius 1 is 1.18 bits per heavy atom. The first kappa shape index (κ1) is 15.4. The molecular formula is C17H14N2O3. The van der Waals surface area contributed by atoms with Gasteiger partial charge in [0.15, 0.2) is 5.60 Å². The highest BCUT2D eigenvalue weighted by Gasteiger charge is 2.29. The van der Waals surface area contributed by atoms with Gasteiger partial charge in [0.05, 0.1) is 4.92 Å². The summed E-state index contributed by atoms with van der Waals surface area (Å²) < 4.78 is 5.38. The van der Waals surface area contributed by atoms with Crippen molar-refractivity contribution >= 4 is 11.8 Å². The van der Waals surface area contributed by atoms with Gasteiger partial charge < -0.3 is 4.74 Å². The first-order valence-electron chi connectivity index (χ1n) is 6.57. The molecule has 0 aromatic heterocycles. The van der Waals surface area contributed by atoms with Gasteiger partial charge >= 0.3 is 0 Å². The van der Waals surface area contributed by atoms with E-state index in [0.717, 1.165) is 5.56 Å². The van der Waals surface area contributed by atoms with E-state index in [1.165, 1.54) is 31.4 Å². The molecule has 2 aromatic carbocycles. The maximum Gasteiger partial charge on any atom is 0.269 e. The predicted molar refractivity (Wildman–Crippen MR) is 82.9 cm³/mol. The van der Waals surface area contributed by atoms with Crippen LogP contribution in [0.2, 0.25) is 0 Å². The number of nitro benzene ring substituents is 1. The van der Waals surface area contributed by atoms with Gasteiger partial charge in [-0.2, -0.15) is 5.26 Å². The fraction of sp³-hybridized carbons (Fsp3) is 0.118. The van der Waals surface area contributed by atoms with Gasteiger partial charge in [0.25, 0.3) is 5.69 Å². The molecule has 2 rings (SSSR count). The number of rotatable bonds is 5. The summed E-state index contributed by atoms with van der Waals surface area (Å²) in [5.41, 5.74) is 0.153. The van der Waals surface area contributed by atoms with Crippen molar-refractivity contribution in [2.75, 3.05) is 7.11 Å². The van der Waals surface area contributed by atoms with Crippen LogP contribution in [-0.2, 0) is 10.3 Å². The number of nitriles is 1. The highest BCUT2D eigenvalue weighted by molar-refractivity contribution is 5.54. The Morgan fingerprint density at radius 3 is 2.32 bits per heavy atom. The number of benzene rings is 2. The summed E-state index contributed by atoms with van der Waals surface area (Å²) in [6, 6.07) is 17.4. The maximum atomic E-state index is 10.7. The Hall–Kier alpha value is -2.97. The first-order chi connectivity index (χ1) is 10.6. The average Bonchev–Trinajstić information content (AvgIpc) is 2.57. The fourth-order valence-electron chi connectivity index (χ4n) is 2.04. The zero-order valence-electron chi connectivity index (χ0n) is 12.0. The minimum Gasteiger partial charge on any atom is -0.356 e. The monoisotopic (exact) mass is 294 g/mol. The van der Waals surface area contributed by atoms with E-state index in [2.05, 4.69) is 6.07 Å². The second-order valence-corrected chi connectivity index (χ2v) is 4.60. The Morgan fingerprint density at radius 2 is 1.82 bits per heavy atom. The molecule has 0 spiro atoms. The Bertz CT molecular complexity index is 718. The number of hydrogen-bond acceptors (Lipinski definition) is 4. The van der Waals surface area contributed by atoms with Crippen LogP contribution in [0.1, 0.15) is 11.1 Å². The van der Waals surface area contributed by atoms with Crippen LogP contribution in [0.25, 0.3) is 6.08 Å². The van der Waals surface area contributed by atoms with E-state index in [0.29, 0.717) is 5.56 Å². The molecule has 5 nitrogen and oxygen atoms in total. The summed E-state index contributed by atoms with van der Waals surface area (Å²) in [6.07, 6.45) is 3.43. The van der Waals surface area contributed by atoms with Gasteiger partial charge in [-0.25, -0.2) is 0 Å². The molecule has 0 aliphatic heterocycles. The van der Waals surface area contributed by atoms with E-state index in [-0.39, 0.29) is 5.69 Å². The third kappa shape index (κ3) is 3.19. The van der Waals surface area contributed by atoms with Crippen LogP contribution in [0.5, 0.6) is 0 Å². The van der Waals surface area contributed by atoms with Crippen molar-refractivity contribution in [2.45, 2.75) is 5.60 Å². The Labute approximate surface area is 128 Å². The third-order valence-electron chi connectivity index (χ3n) is 3.31. The van der Waals surface area contributed by atoms with Crippen LogP contribution in [0.3, 0.4) is 0 Å². The van der Waals surface area contributed by atoms with Crippen molar-refractivity contribution in [1.29, 1.82) is 5.26 Å². The molecular weight excluding hydrogens is 280 g/mol. The van der Waals surface area contributed by atoms with Crippen molar-refractivity contribution in [3.8, 4) is 6.07 Å². The molecule has 22 heavy (non-hydrogen) atoms. The molecule has 0 N–H and O–H groups in total. The number of nitrogens with zero attached hydrogens (tertiary/aromatic N) is 2. The van der Waals surface area contributed by atoms with Gasteiger partial charge in [0.2, 0.25) is 0 Å². The standard InChI is InChI=1S/C17H14N2O3/c1-22-17(13-18,12-11-14-5-3-2-4-6-14)15-7-9-16(10-8-15)19(20)21/h2-12H,1H3/b12-11+. The van der Waals surface area contributed by atoms with Gasteiger partial charge in [0, 0.05) is 24.8 Å². The normalized spacial score (nSPS) is 13.5. The molecule has 0 saturated carbocycles. The molecule has 110 valence electrons. The molecule has 0 amide bonds. The SMILES string of the molecule is COC(C#N)(/C=C/c1ccccc1)c1ccc([N+](=O)[O-])cc1. The number of methoxy groups -OCH3 is 1. The Balaban J connectivity index is 2.38. The molecule has 5 heteroatoms. The van der Waals surface area contributed by atoms with Gasteiger partial charge in [-0.1, -0.05) is 36.4 Å². The summed E-state index contributed by atoms with van der Waals surface area (Å²) in [6.45, 7) is 0. The minimum absolute atomic E-state index is 0.0290. The predicted octanol–water partition coefficient (Wildman–Crippen LogP) is 3.67. The van der Waals surface area contributed by atoms with Crippen molar-refractivity contribution < 1.29 is 9.66 Å². The molecule has 1 atom stereocenters. The summed E-state index contributed by atoms with van der Waals surface area (Å²) in [7, 11) is 1.43. The van der Waals surface area contributed by atoms with E-state index < -0.39 is 10.5 Å². The molecule has 0 bridgehead atoms. The lowest BCUT2D eigenvalue weighted by atomic mass is 9.93. The van der Waals surface area contributed by atoms with Gasteiger partial charge in [-0.15, -0.1) is 0 Å². The first-order valence-corrected chi connectivity index (χ1v) is 6.57. The van der Waals surface area contributed by atoms with E-state index in [9.17, 15) is 15.4 Å². The van der Waals surface area contributed by atoms with Crippen LogP contribution >= 0.6 is 0 Å². The minimum atomic E-state index is -1.29. The summed E-state index contributed by atoms with van der Waals surface area (Å²) in [4.78, 5) is 10.2. The van der Waals surface area contributed by atoms with E-state index in [1.807, 2.05) is 30.3 Å². The molecule has 0 saturated heterocycles. The quantitative estimate of drug-likeness (QED) is 0.622. The van der Waals surface area contributed by atoms with Crippen molar-refractivity contribution in [2.24, 2.45) is 0 Å². The van der Waals surface area contributed by atoms with Crippen LogP contribution in [-0.4, -0.2) is 12.0 Å². The van der Waals surface area contributed by atoms with Crippen molar-refractivity contribution in [1.82, 2.24) is 0 Å². The lowest BCUT2D eigenvalue weighted by molar-refractivity contribution is -0.384. The number of hydrogen-bond donors (Lipinski definition) is 0. The molecule has 1 unspecified atom stereocenters. The molecule has 0 aliphatic rings. The molecule has 0 heterocycles. The smallest absolute Gasteiger partial charge is 0.269 e. The van der Waals surface area contributed by atoms with Gasteiger partial charge in [0.1, 0.15) is 6.07 Å². The number of non-ortho nitro benzene ring substituents is 1. The van der Waals surface area contributed by atoms with Crippen molar-refractivity contribution in [3.63, 3.8) is 0 Å². The van der Waals surface area contributed by atoms with Crippen LogP contribution < -0.4 is 0 Å². The second kappa shape index (κ2) is 6.66. The lowest BCUT2D eigenvalue weighted by Crippen LogP contribution is -2.23. The third-order valence-corrected chi connectivity index (χ3v) is 3.31. The second-order valence-electron chi connectivity index (χ2n) is 4.60. The summed E-state index contributed by atoms with van der Waals surface area (Å²) in [5, 5.41) is 20.2. The average molecular weight is 294 g/mol. The number of nitro groups is 1. The summed E-state index contributed by atoms with van der Waals surface area (Å²) in [5.74, 6) is 0. The number of ether oxygens (including phenoxy) is 1.